The molecule has 5 heteroatoms. The van der Waals surface area contributed by atoms with E-state index in [2.05, 4.69) is 46.2 Å². The molecule has 0 saturated carbocycles. The first-order valence-electron chi connectivity index (χ1n) is 9.18. The number of anilines is 3. The Balaban J connectivity index is 2.09. The summed E-state index contributed by atoms with van der Waals surface area (Å²) in [7, 11) is 8.08. The van der Waals surface area contributed by atoms with Gasteiger partial charge < -0.3 is 20.0 Å². The van der Waals surface area contributed by atoms with Gasteiger partial charge in [-0.1, -0.05) is 0 Å². The van der Waals surface area contributed by atoms with E-state index in [4.69, 9.17) is 15.1 Å². The monoisotopic (exact) mass is 372 g/mol. The van der Waals surface area contributed by atoms with Gasteiger partial charge in [0.25, 0.3) is 0 Å². The van der Waals surface area contributed by atoms with Crippen LogP contribution in [0.25, 0.3) is 21.9 Å². The van der Waals surface area contributed by atoms with Crippen molar-refractivity contribution in [3.05, 3.63) is 66.0 Å². The van der Waals surface area contributed by atoms with Crippen molar-refractivity contribution in [2.24, 2.45) is 4.99 Å². The molecule has 4 aromatic rings. The van der Waals surface area contributed by atoms with E-state index in [1.165, 1.54) is 0 Å². The van der Waals surface area contributed by atoms with Crippen LogP contribution in [-0.2, 0) is 0 Å². The standard InChI is InChI=1S/C23H24N4O/c1-26(2)17-9-11-19-21(13-17)28-22-14-18(27(3)4)10-12-20(22)23(19)25-16-7-5-15(24)6-8-16/h5-14H,24H2,1-4H3. The zero-order valence-electron chi connectivity index (χ0n) is 16.6. The van der Waals surface area contributed by atoms with Gasteiger partial charge in [0.1, 0.15) is 11.2 Å². The van der Waals surface area contributed by atoms with Gasteiger partial charge in [0, 0.05) is 68.2 Å². The van der Waals surface area contributed by atoms with E-state index in [1.54, 1.807) is 0 Å². The zero-order chi connectivity index (χ0) is 19.8. The predicted molar refractivity (Wildman–Crippen MR) is 118 cm³/mol. The summed E-state index contributed by atoms with van der Waals surface area (Å²) in [5.41, 5.74) is 11.2. The highest BCUT2D eigenvalue weighted by molar-refractivity contribution is 5.92. The van der Waals surface area contributed by atoms with Crippen LogP contribution in [-0.4, -0.2) is 28.2 Å². The van der Waals surface area contributed by atoms with Gasteiger partial charge in [-0.25, -0.2) is 4.99 Å². The number of nitrogens with zero attached hydrogens (tertiary/aromatic N) is 3. The maximum absolute atomic E-state index is 6.29. The van der Waals surface area contributed by atoms with E-state index in [9.17, 15) is 0 Å². The van der Waals surface area contributed by atoms with Crippen molar-refractivity contribution >= 4 is 44.7 Å². The smallest absolute Gasteiger partial charge is 0.138 e. The molecule has 3 aromatic carbocycles. The molecule has 1 aromatic heterocycles. The Hall–Kier alpha value is -3.47. The number of hydrogen-bond acceptors (Lipinski definition) is 5. The Kier molecular flexibility index (Phi) is 4.43. The van der Waals surface area contributed by atoms with Crippen molar-refractivity contribution in [2.75, 3.05) is 43.7 Å². The molecule has 5 nitrogen and oxygen atoms in total. The number of nitrogen functional groups attached to an aromatic ring is 1. The van der Waals surface area contributed by atoms with Crippen molar-refractivity contribution in [3.63, 3.8) is 0 Å². The summed E-state index contributed by atoms with van der Waals surface area (Å²) < 4.78 is 6.29. The number of hydrogen-bond donors (Lipinski definition) is 1. The minimum absolute atomic E-state index is 0.725. The molecule has 0 aliphatic heterocycles. The van der Waals surface area contributed by atoms with Crippen LogP contribution in [0.5, 0.6) is 0 Å². The molecule has 28 heavy (non-hydrogen) atoms. The van der Waals surface area contributed by atoms with Gasteiger partial charge in [-0.2, -0.15) is 0 Å². The average Bonchev–Trinajstić information content (AvgIpc) is 2.68. The molecule has 0 bridgehead atoms. The molecule has 0 fully saturated rings. The van der Waals surface area contributed by atoms with Crippen molar-refractivity contribution in [1.82, 2.24) is 0 Å². The average molecular weight is 372 g/mol. The molecule has 0 unspecified atom stereocenters. The topological polar surface area (TPSA) is 58.0 Å². The van der Waals surface area contributed by atoms with Gasteiger partial charge in [-0.15, -0.1) is 0 Å². The summed E-state index contributed by atoms with van der Waals surface area (Å²) in [6, 6.07) is 20.0. The van der Waals surface area contributed by atoms with E-state index in [0.717, 1.165) is 50.0 Å². The second-order valence-electron chi connectivity index (χ2n) is 7.30. The Morgan fingerprint density at radius 1 is 0.714 bits per heavy atom. The summed E-state index contributed by atoms with van der Waals surface area (Å²) in [5.74, 6) is 0. The Labute approximate surface area is 164 Å². The van der Waals surface area contributed by atoms with Gasteiger partial charge in [-0.3, -0.25) is 0 Å². The summed E-state index contributed by atoms with van der Waals surface area (Å²) in [4.78, 5) is 9.07. The minimum atomic E-state index is 0.725. The third kappa shape index (κ3) is 3.27. The quantitative estimate of drug-likeness (QED) is 0.424. The van der Waals surface area contributed by atoms with Crippen molar-refractivity contribution in [2.45, 2.75) is 0 Å². The van der Waals surface area contributed by atoms with Gasteiger partial charge in [0.05, 0.1) is 11.0 Å². The first-order valence-corrected chi connectivity index (χ1v) is 9.18. The molecule has 0 radical (unpaired) electrons. The first kappa shape index (κ1) is 17.9. The second kappa shape index (κ2) is 6.93. The van der Waals surface area contributed by atoms with Crippen LogP contribution in [0.15, 0.2) is 70.1 Å². The molecule has 0 aliphatic carbocycles. The van der Waals surface area contributed by atoms with Crippen LogP contribution in [0, 0.1) is 0 Å². The lowest BCUT2D eigenvalue weighted by Crippen LogP contribution is -2.11. The summed E-state index contributed by atoms with van der Waals surface area (Å²) in [5, 5.41) is 2.86. The fourth-order valence-electron chi connectivity index (χ4n) is 3.20. The van der Waals surface area contributed by atoms with Crippen LogP contribution in [0.4, 0.5) is 22.7 Å². The third-order valence-electron chi connectivity index (χ3n) is 4.83. The highest BCUT2D eigenvalue weighted by Gasteiger charge is 2.10. The highest BCUT2D eigenvalue weighted by atomic mass is 16.3. The van der Waals surface area contributed by atoms with E-state index >= 15 is 0 Å². The summed E-state index contributed by atoms with van der Waals surface area (Å²) in [6.45, 7) is 0. The van der Waals surface area contributed by atoms with E-state index < -0.39 is 0 Å². The molecular weight excluding hydrogens is 348 g/mol. The van der Waals surface area contributed by atoms with Crippen LogP contribution in [0.1, 0.15) is 0 Å². The van der Waals surface area contributed by atoms with Crippen LogP contribution < -0.4 is 20.9 Å². The van der Waals surface area contributed by atoms with E-state index in [-0.39, 0.29) is 0 Å². The number of benzene rings is 3. The molecule has 2 N–H and O–H groups in total. The Bertz CT molecular complexity index is 1150. The van der Waals surface area contributed by atoms with E-state index in [1.807, 2.05) is 52.5 Å². The lowest BCUT2D eigenvalue weighted by Gasteiger charge is -2.15. The normalized spacial score (nSPS) is 11.0. The van der Waals surface area contributed by atoms with Gasteiger partial charge in [0.15, 0.2) is 0 Å². The maximum Gasteiger partial charge on any atom is 0.138 e. The highest BCUT2D eigenvalue weighted by Crippen LogP contribution is 2.26. The van der Waals surface area contributed by atoms with Crippen molar-refractivity contribution in [1.29, 1.82) is 0 Å². The van der Waals surface area contributed by atoms with Gasteiger partial charge >= 0.3 is 0 Å². The van der Waals surface area contributed by atoms with Crippen LogP contribution >= 0.6 is 0 Å². The van der Waals surface area contributed by atoms with Crippen LogP contribution in [0.2, 0.25) is 0 Å². The molecule has 0 saturated heterocycles. The molecule has 0 aliphatic rings. The minimum Gasteiger partial charge on any atom is -0.456 e. The fraction of sp³-hybridized carbons (Fsp3) is 0.174. The molecule has 0 spiro atoms. The van der Waals surface area contributed by atoms with Crippen molar-refractivity contribution in [3.8, 4) is 0 Å². The molecule has 0 atom stereocenters. The number of fused-ring (bicyclic) bond motifs is 2. The lowest BCUT2D eigenvalue weighted by atomic mass is 10.1. The lowest BCUT2D eigenvalue weighted by molar-refractivity contribution is 0.659. The Morgan fingerprint density at radius 3 is 1.68 bits per heavy atom. The molecule has 1 heterocycles. The van der Waals surface area contributed by atoms with Gasteiger partial charge in [-0.05, 0) is 48.5 Å². The predicted octanol–water partition coefficient (Wildman–Crippen LogP) is 4.53. The number of rotatable bonds is 3. The fourth-order valence-corrected chi connectivity index (χ4v) is 3.20. The van der Waals surface area contributed by atoms with Crippen molar-refractivity contribution < 1.29 is 4.42 Å². The second-order valence-corrected chi connectivity index (χ2v) is 7.30. The largest absolute Gasteiger partial charge is 0.456 e. The van der Waals surface area contributed by atoms with Crippen LogP contribution in [0.3, 0.4) is 0 Å². The Morgan fingerprint density at radius 2 is 1.21 bits per heavy atom. The number of nitrogens with two attached hydrogens (primary N) is 1. The summed E-state index contributed by atoms with van der Waals surface area (Å²) >= 11 is 0. The molecule has 4 rings (SSSR count). The third-order valence-corrected chi connectivity index (χ3v) is 4.83. The molecule has 142 valence electrons. The first-order chi connectivity index (χ1) is 13.4. The summed E-state index contributed by atoms with van der Waals surface area (Å²) in [6.07, 6.45) is 0. The SMILES string of the molecule is CN(C)c1ccc2c(=Nc3ccc(N)cc3)c3ccc(N(C)C)cc3oc2c1. The van der Waals surface area contributed by atoms with Gasteiger partial charge in [0.2, 0.25) is 0 Å². The van der Waals surface area contributed by atoms with E-state index in [0.29, 0.717) is 0 Å². The molecule has 0 amide bonds. The maximum atomic E-state index is 6.29. The zero-order valence-corrected chi connectivity index (χ0v) is 16.6. The molecular formula is C23H24N4O.